The maximum absolute atomic E-state index is 12.7. The van der Waals surface area contributed by atoms with E-state index in [1.54, 1.807) is 12.1 Å². The predicted molar refractivity (Wildman–Crippen MR) is 104 cm³/mol. The van der Waals surface area contributed by atoms with Crippen molar-refractivity contribution in [3.05, 3.63) is 29.8 Å². The zero-order valence-corrected chi connectivity index (χ0v) is 18.3. The lowest BCUT2D eigenvalue weighted by Gasteiger charge is -2.43. The molecule has 31 heavy (non-hydrogen) atoms. The van der Waals surface area contributed by atoms with Crippen molar-refractivity contribution < 1.29 is 46.3 Å². The Labute approximate surface area is 179 Å². The van der Waals surface area contributed by atoms with Crippen LogP contribution in [-0.2, 0) is 25.8 Å². The number of quaternary nitrogens is 1. The van der Waals surface area contributed by atoms with Gasteiger partial charge in [-0.1, -0.05) is 31.9 Å². The third-order valence-electron chi connectivity index (χ3n) is 4.96. The number of alkyl halides is 3. The second-order valence-corrected chi connectivity index (χ2v) is 10.0. The van der Waals surface area contributed by atoms with Crippen molar-refractivity contribution in [1.29, 1.82) is 0 Å². The van der Waals surface area contributed by atoms with E-state index >= 15 is 0 Å². The lowest BCUT2D eigenvalue weighted by atomic mass is 9.79. The summed E-state index contributed by atoms with van der Waals surface area (Å²) in [5.74, 6) is -4.02. The average Bonchev–Trinajstić information content (AvgIpc) is 2.60. The third kappa shape index (κ3) is 8.86. The van der Waals surface area contributed by atoms with Crippen molar-refractivity contribution in [2.24, 2.45) is 5.41 Å². The number of halogens is 3. The molecule has 7 nitrogen and oxygen atoms in total. The number of aryl methyl sites for hydroxylation is 1. The van der Waals surface area contributed by atoms with E-state index in [0.29, 0.717) is 18.0 Å². The number of unbranched alkanes of at least 4 members (excludes halogenated alkanes) is 2. The minimum Gasteiger partial charge on any atom is -0.542 e. The number of carbonyl (C=O) groups excluding carboxylic acids is 1. The van der Waals surface area contributed by atoms with Crippen LogP contribution in [0.15, 0.2) is 29.2 Å². The molecule has 0 radical (unpaired) electrons. The molecule has 1 fully saturated rings. The summed E-state index contributed by atoms with van der Waals surface area (Å²) in [6, 6.07) is 7.09. The molecule has 0 spiro atoms. The number of aliphatic carboxylic acids is 2. The van der Waals surface area contributed by atoms with Crippen LogP contribution < -0.4 is 10.0 Å². The maximum Gasteiger partial charge on any atom is 0.430 e. The number of carboxylic acids is 2. The number of rotatable bonds is 9. The van der Waals surface area contributed by atoms with Crippen molar-refractivity contribution >= 4 is 21.8 Å². The zero-order valence-electron chi connectivity index (χ0n) is 17.5. The summed E-state index contributed by atoms with van der Waals surface area (Å²) in [6.45, 7) is 3.34. The Kier molecular flexibility index (Phi) is 9.49. The van der Waals surface area contributed by atoms with Gasteiger partial charge in [-0.25, -0.2) is 8.42 Å². The fourth-order valence-electron chi connectivity index (χ4n) is 3.76. The molecule has 0 atom stereocenters. The van der Waals surface area contributed by atoms with Crippen LogP contribution in [0.2, 0.25) is 0 Å². The molecule has 1 heterocycles. The van der Waals surface area contributed by atoms with Gasteiger partial charge in [0.05, 0.1) is 42.6 Å². The van der Waals surface area contributed by atoms with E-state index in [4.69, 9.17) is 15.0 Å². The quantitative estimate of drug-likeness (QED) is 0.511. The molecule has 0 aromatic heterocycles. The number of hydrogen-bond donors (Lipinski definition) is 2. The van der Waals surface area contributed by atoms with Gasteiger partial charge >= 0.3 is 12.1 Å². The van der Waals surface area contributed by atoms with E-state index < -0.39 is 33.4 Å². The van der Waals surface area contributed by atoms with Crippen LogP contribution in [0.3, 0.4) is 0 Å². The van der Waals surface area contributed by atoms with Crippen LogP contribution >= 0.6 is 0 Å². The highest BCUT2D eigenvalue weighted by Crippen LogP contribution is 2.29. The fourth-order valence-corrected chi connectivity index (χ4v) is 5.59. The minimum atomic E-state index is -5.19. The molecule has 0 amide bonds. The van der Waals surface area contributed by atoms with Crippen molar-refractivity contribution in [1.82, 2.24) is 0 Å². The van der Waals surface area contributed by atoms with Crippen LogP contribution in [0, 0.1) is 5.41 Å². The summed E-state index contributed by atoms with van der Waals surface area (Å²) >= 11 is 0. The van der Waals surface area contributed by atoms with Crippen LogP contribution in [0.5, 0.6) is 0 Å². The van der Waals surface area contributed by atoms with Gasteiger partial charge in [0.15, 0.2) is 9.84 Å². The zero-order chi connectivity index (χ0) is 23.9. The van der Waals surface area contributed by atoms with Gasteiger partial charge in [0.25, 0.3) is 0 Å². The van der Waals surface area contributed by atoms with Crippen LogP contribution in [0.1, 0.15) is 38.2 Å². The van der Waals surface area contributed by atoms with Crippen molar-refractivity contribution in [2.75, 3.05) is 25.9 Å². The Morgan fingerprint density at radius 2 is 1.68 bits per heavy atom. The molecule has 0 bridgehead atoms. The molecule has 1 saturated heterocycles. The summed E-state index contributed by atoms with van der Waals surface area (Å²) in [6.07, 6.45) is -0.870. The second kappa shape index (κ2) is 10.9. The summed E-state index contributed by atoms with van der Waals surface area (Å²) < 4.78 is 56.9. The number of nitrogens with one attached hydrogen (secondary N) is 1. The van der Waals surface area contributed by atoms with Crippen molar-refractivity contribution in [3.63, 3.8) is 0 Å². The van der Waals surface area contributed by atoms with Crippen molar-refractivity contribution in [2.45, 2.75) is 50.1 Å². The SMILES string of the molecule is CCCCCc1ccc(S(=O)(=O)CC2(CC(=O)O)C[NH+](C)C2)cc1.O=C([O-])C(F)(F)F. The topological polar surface area (TPSA) is 116 Å². The molecule has 2 N–H and O–H groups in total. The van der Waals surface area contributed by atoms with E-state index in [1.165, 1.54) is 11.3 Å². The highest BCUT2D eigenvalue weighted by Gasteiger charge is 2.50. The molecule has 1 aromatic rings. The van der Waals surface area contributed by atoms with Gasteiger partial charge < -0.3 is 19.9 Å². The fraction of sp³-hybridized carbons (Fsp3) is 0.600. The Balaban J connectivity index is 0.000000592. The summed E-state index contributed by atoms with van der Waals surface area (Å²) in [4.78, 5) is 21.4. The van der Waals surface area contributed by atoms with Gasteiger partial charge in [-0.3, -0.25) is 4.79 Å². The minimum absolute atomic E-state index is 0.0845. The predicted octanol–water partition coefficient (Wildman–Crippen LogP) is 0.481. The Bertz CT molecular complexity index is 847. The molecule has 176 valence electrons. The van der Waals surface area contributed by atoms with E-state index in [1.807, 2.05) is 19.2 Å². The number of sulfone groups is 1. The van der Waals surface area contributed by atoms with Crippen molar-refractivity contribution in [3.8, 4) is 0 Å². The molecular formula is C20H28F3NO6S. The largest absolute Gasteiger partial charge is 0.542 e. The first kappa shape index (κ1) is 26.9. The van der Waals surface area contributed by atoms with Gasteiger partial charge in [-0.15, -0.1) is 0 Å². The van der Waals surface area contributed by atoms with E-state index in [0.717, 1.165) is 24.8 Å². The van der Waals surface area contributed by atoms with Gasteiger partial charge in [0.1, 0.15) is 5.97 Å². The second-order valence-electron chi connectivity index (χ2n) is 8.03. The highest BCUT2D eigenvalue weighted by atomic mass is 32.2. The normalized spacial score (nSPS) is 20.9. The Hall–Kier alpha value is -2.14. The number of carboxylic acid groups (broad SMARTS) is 2. The Morgan fingerprint density at radius 3 is 2.06 bits per heavy atom. The first-order valence-electron chi connectivity index (χ1n) is 9.84. The van der Waals surface area contributed by atoms with E-state index in [9.17, 15) is 26.4 Å². The van der Waals surface area contributed by atoms with E-state index in [-0.39, 0.29) is 12.2 Å². The molecule has 0 saturated carbocycles. The molecule has 1 aliphatic heterocycles. The van der Waals surface area contributed by atoms with Gasteiger partial charge in [-0.2, -0.15) is 13.2 Å². The van der Waals surface area contributed by atoms with Crippen LogP contribution in [-0.4, -0.2) is 57.5 Å². The van der Waals surface area contributed by atoms with E-state index in [2.05, 4.69) is 6.92 Å². The molecule has 0 aliphatic carbocycles. The Morgan fingerprint density at radius 1 is 1.16 bits per heavy atom. The smallest absolute Gasteiger partial charge is 0.430 e. The monoisotopic (exact) mass is 467 g/mol. The maximum atomic E-state index is 12.7. The van der Waals surface area contributed by atoms with Crippen LogP contribution in [0.4, 0.5) is 13.2 Å². The summed E-state index contributed by atoms with van der Waals surface area (Å²) in [5.41, 5.74) is 0.518. The molecule has 11 heteroatoms. The average molecular weight is 468 g/mol. The third-order valence-corrected chi connectivity index (χ3v) is 6.94. The molecule has 1 aromatic carbocycles. The molecular weight excluding hydrogens is 439 g/mol. The molecule has 2 rings (SSSR count). The molecule has 1 aliphatic rings. The van der Waals surface area contributed by atoms with Gasteiger partial charge in [-0.05, 0) is 30.5 Å². The van der Waals surface area contributed by atoms with Crippen LogP contribution in [0.25, 0.3) is 0 Å². The summed E-state index contributed by atoms with van der Waals surface area (Å²) in [7, 11) is -1.51. The first-order valence-corrected chi connectivity index (χ1v) is 11.5. The van der Waals surface area contributed by atoms with Gasteiger partial charge in [0, 0.05) is 0 Å². The number of carbonyl (C=O) groups is 2. The number of benzene rings is 1. The standard InChI is InChI=1S/C18H27NO4S.C2HF3O2/c1-3-4-5-6-15-7-9-16(10-8-15)24(22,23)14-18(11-17(20)21)12-19(2)13-18;3-2(4,5)1(6)7/h7-10H,3-6,11-14H2,1-2H3,(H,20,21);(H,6,7). The van der Waals surface area contributed by atoms with Gasteiger partial charge in [0.2, 0.25) is 0 Å². The lowest BCUT2D eigenvalue weighted by molar-refractivity contribution is -0.942. The lowest BCUT2D eigenvalue weighted by Crippen LogP contribution is -3.20. The molecule has 0 unspecified atom stereocenters. The highest BCUT2D eigenvalue weighted by molar-refractivity contribution is 7.91. The number of hydrogen-bond acceptors (Lipinski definition) is 5. The first-order chi connectivity index (χ1) is 14.2. The summed E-state index contributed by atoms with van der Waals surface area (Å²) in [5, 5.41) is 17.9. The number of likely N-dealkylation sites (tertiary alicyclic amines) is 1.